The van der Waals surface area contributed by atoms with Gasteiger partial charge in [0.1, 0.15) is 0 Å². The smallest absolute Gasteiger partial charge is 0.0802 e. The number of ether oxygens (including phenoxy) is 2. The molecule has 0 bridgehead atoms. The molecule has 0 radical (unpaired) electrons. The van der Waals surface area contributed by atoms with Gasteiger partial charge >= 0.3 is 0 Å². The van der Waals surface area contributed by atoms with Crippen LogP contribution in [-0.4, -0.2) is 37.1 Å². The van der Waals surface area contributed by atoms with Crippen LogP contribution in [0.1, 0.15) is 100 Å². The topological polar surface area (TPSA) is 38.7 Å². The van der Waals surface area contributed by atoms with Crippen molar-refractivity contribution in [1.82, 2.24) is 0 Å². The van der Waals surface area contributed by atoms with Gasteiger partial charge in [-0.3, -0.25) is 0 Å². The fourth-order valence-corrected chi connectivity index (χ4v) is 9.69. The summed E-state index contributed by atoms with van der Waals surface area (Å²) in [6, 6.07) is 0. The predicted octanol–water partition coefficient (Wildman–Crippen LogP) is 7.58. The molecule has 4 aliphatic carbocycles. The molecule has 0 aromatic carbocycles. The highest BCUT2D eigenvalue weighted by Gasteiger charge is 2.69. The zero-order valence-corrected chi connectivity index (χ0v) is 24.4. The van der Waals surface area contributed by atoms with Gasteiger partial charge in [-0.25, -0.2) is 0 Å². The molecule has 9 atom stereocenters. The van der Waals surface area contributed by atoms with E-state index in [0.29, 0.717) is 23.2 Å². The molecule has 3 saturated carbocycles. The zero-order valence-electron chi connectivity index (χ0n) is 24.4. The van der Waals surface area contributed by atoms with Crippen LogP contribution in [0.5, 0.6) is 0 Å². The van der Waals surface area contributed by atoms with E-state index in [9.17, 15) is 5.11 Å². The Hall–Kier alpha value is -0.640. The van der Waals surface area contributed by atoms with E-state index in [-0.39, 0.29) is 34.1 Å². The van der Waals surface area contributed by atoms with Crippen molar-refractivity contribution >= 4 is 0 Å². The first-order valence-corrected chi connectivity index (χ1v) is 14.3. The molecule has 0 aliphatic heterocycles. The van der Waals surface area contributed by atoms with Gasteiger partial charge in [0.25, 0.3) is 0 Å². The Morgan fingerprint density at radius 3 is 2.34 bits per heavy atom. The monoisotopic (exact) mass is 486 g/mol. The van der Waals surface area contributed by atoms with Crippen LogP contribution in [0.4, 0.5) is 0 Å². The summed E-state index contributed by atoms with van der Waals surface area (Å²) < 4.78 is 12.0. The molecule has 3 fully saturated rings. The maximum Gasteiger partial charge on any atom is 0.0802 e. The molecule has 0 saturated heterocycles. The highest BCUT2D eigenvalue weighted by Crippen LogP contribution is 2.75. The van der Waals surface area contributed by atoms with Crippen molar-refractivity contribution in [3.05, 3.63) is 23.8 Å². The maximum absolute atomic E-state index is 10.9. The van der Waals surface area contributed by atoms with Gasteiger partial charge in [-0.1, -0.05) is 65.3 Å². The van der Waals surface area contributed by atoms with Crippen LogP contribution in [0.25, 0.3) is 0 Å². The molecular formula is C32H54O3. The van der Waals surface area contributed by atoms with E-state index in [1.807, 2.05) is 7.11 Å². The van der Waals surface area contributed by atoms with E-state index in [1.165, 1.54) is 31.3 Å². The minimum atomic E-state index is -0.250. The molecule has 3 heteroatoms. The lowest BCUT2D eigenvalue weighted by Gasteiger charge is -2.67. The number of aliphatic hydroxyl groups excluding tert-OH is 1. The summed E-state index contributed by atoms with van der Waals surface area (Å²) in [5.41, 5.74) is 1.94. The second kappa shape index (κ2) is 8.98. The van der Waals surface area contributed by atoms with Crippen LogP contribution < -0.4 is 0 Å². The third kappa shape index (κ3) is 4.02. The molecule has 200 valence electrons. The minimum absolute atomic E-state index is 0.136. The van der Waals surface area contributed by atoms with Crippen molar-refractivity contribution in [3.63, 3.8) is 0 Å². The Balaban J connectivity index is 1.67. The lowest BCUT2D eigenvalue weighted by molar-refractivity contribution is -0.182. The first-order chi connectivity index (χ1) is 16.2. The third-order valence-corrected chi connectivity index (χ3v) is 12.3. The van der Waals surface area contributed by atoms with Gasteiger partial charge in [-0.2, -0.15) is 0 Å². The number of rotatable bonds is 6. The quantitative estimate of drug-likeness (QED) is 0.393. The lowest BCUT2D eigenvalue weighted by Crippen LogP contribution is -2.63. The zero-order chi connectivity index (χ0) is 26.0. The van der Waals surface area contributed by atoms with E-state index in [0.717, 1.165) is 25.2 Å². The molecule has 0 aromatic rings. The standard InChI is InChI=1S/C32H54O3/c1-21(12-11-16-28(2,3)35-10)22-15-17-32(8)27-25(34-9)20-24-23(13-14-26(33)29(24,4)5)30(27,6)18-19-31(22,32)7/h11,16,20-23,25-27,33H,12-15,17-19H2,1-10H3/b16-11+/t21-,22-,23-,25-,26+,27-,30+,31-,32+/m1/s1. The number of hydrogen-bond acceptors (Lipinski definition) is 3. The normalized spacial score (nSPS) is 46.0. The summed E-state index contributed by atoms with van der Waals surface area (Å²) in [6.45, 7) is 19.1. The molecule has 0 spiro atoms. The molecule has 0 amide bonds. The van der Waals surface area contributed by atoms with Crippen LogP contribution in [0.2, 0.25) is 0 Å². The summed E-state index contributed by atoms with van der Waals surface area (Å²) in [5.74, 6) is 2.49. The summed E-state index contributed by atoms with van der Waals surface area (Å²) >= 11 is 0. The number of aliphatic hydroxyl groups is 1. The average molecular weight is 487 g/mol. The predicted molar refractivity (Wildman–Crippen MR) is 145 cm³/mol. The number of fused-ring (bicyclic) bond motifs is 5. The highest BCUT2D eigenvalue weighted by atomic mass is 16.5. The largest absolute Gasteiger partial charge is 0.392 e. The summed E-state index contributed by atoms with van der Waals surface area (Å²) in [6.07, 6.45) is 15.3. The maximum atomic E-state index is 10.9. The van der Waals surface area contributed by atoms with Crippen LogP contribution in [0.3, 0.4) is 0 Å². The second-order valence-corrected chi connectivity index (χ2v) is 14.6. The fourth-order valence-electron chi connectivity index (χ4n) is 9.69. The van der Waals surface area contributed by atoms with E-state index in [2.05, 4.69) is 73.6 Å². The van der Waals surface area contributed by atoms with Crippen molar-refractivity contribution in [1.29, 1.82) is 0 Å². The molecule has 35 heavy (non-hydrogen) atoms. The summed E-state index contributed by atoms with van der Waals surface area (Å²) in [5, 5.41) is 10.9. The summed E-state index contributed by atoms with van der Waals surface area (Å²) in [4.78, 5) is 0. The molecule has 4 rings (SSSR count). The van der Waals surface area contributed by atoms with Crippen LogP contribution in [0.15, 0.2) is 23.8 Å². The molecule has 0 unspecified atom stereocenters. The highest BCUT2D eigenvalue weighted by molar-refractivity contribution is 5.32. The van der Waals surface area contributed by atoms with Crippen LogP contribution >= 0.6 is 0 Å². The van der Waals surface area contributed by atoms with Crippen molar-refractivity contribution in [2.45, 2.75) is 118 Å². The SMILES string of the molecule is CO[C@@H]1C=C2[C@@H](CC[C@H](O)C2(C)C)[C@]2(C)CC[C@]3(C)[C@@H]([C@H](C)C/C=C/C(C)(C)OC)CC[C@@]3(C)[C@H]12. The van der Waals surface area contributed by atoms with Crippen molar-refractivity contribution in [2.24, 2.45) is 45.3 Å². The Morgan fingerprint density at radius 2 is 1.71 bits per heavy atom. The fraction of sp³-hybridized carbons (Fsp3) is 0.875. The lowest BCUT2D eigenvalue weighted by atomic mass is 9.38. The average Bonchev–Trinajstić information content (AvgIpc) is 3.07. The molecule has 0 heterocycles. The van der Waals surface area contributed by atoms with Crippen LogP contribution in [-0.2, 0) is 9.47 Å². The minimum Gasteiger partial charge on any atom is -0.392 e. The number of methoxy groups -OCH3 is 2. The molecule has 1 N–H and O–H groups in total. The second-order valence-electron chi connectivity index (χ2n) is 14.6. The van der Waals surface area contributed by atoms with E-state index in [1.54, 1.807) is 7.11 Å². The molecular weight excluding hydrogens is 432 g/mol. The van der Waals surface area contributed by atoms with Gasteiger partial charge in [0.2, 0.25) is 0 Å². The van der Waals surface area contributed by atoms with E-state index < -0.39 is 0 Å². The first kappa shape index (κ1) is 27.4. The van der Waals surface area contributed by atoms with Gasteiger partial charge in [0.05, 0.1) is 17.8 Å². The van der Waals surface area contributed by atoms with Gasteiger partial charge in [0, 0.05) is 25.6 Å². The number of hydrogen-bond donors (Lipinski definition) is 1. The Bertz CT molecular complexity index is 855. The Labute approximate surface area is 216 Å². The third-order valence-electron chi connectivity index (χ3n) is 12.3. The van der Waals surface area contributed by atoms with Crippen molar-refractivity contribution < 1.29 is 14.6 Å². The summed E-state index contributed by atoms with van der Waals surface area (Å²) in [7, 11) is 3.71. The van der Waals surface area contributed by atoms with Crippen molar-refractivity contribution in [2.75, 3.05) is 14.2 Å². The number of allylic oxidation sites excluding steroid dienone is 1. The van der Waals surface area contributed by atoms with Gasteiger partial charge in [-0.05, 0) is 92.8 Å². The van der Waals surface area contributed by atoms with Gasteiger partial charge < -0.3 is 14.6 Å². The van der Waals surface area contributed by atoms with Crippen LogP contribution in [0, 0.1) is 45.3 Å². The Morgan fingerprint density at radius 1 is 1.03 bits per heavy atom. The van der Waals surface area contributed by atoms with E-state index in [4.69, 9.17) is 9.47 Å². The van der Waals surface area contributed by atoms with Crippen molar-refractivity contribution in [3.8, 4) is 0 Å². The molecule has 4 aliphatic rings. The molecule has 3 nitrogen and oxygen atoms in total. The Kier molecular flexibility index (Phi) is 7.03. The van der Waals surface area contributed by atoms with Gasteiger partial charge in [0.15, 0.2) is 0 Å². The van der Waals surface area contributed by atoms with E-state index >= 15 is 0 Å². The van der Waals surface area contributed by atoms with Gasteiger partial charge in [-0.15, -0.1) is 0 Å². The molecule has 0 aromatic heterocycles. The first-order valence-electron chi connectivity index (χ1n) is 14.3.